The van der Waals surface area contributed by atoms with E-state index in [9.17, 15) is 13.2 Å². The summed E-state index contributed by atoms with van der Waals surface area (Å²) in [6, 6.07) is 4.50. The Hall–Kier alpha value is -0.920. The monoisotopic (exact) mass is 334 g/mol. The van der Waals surface area contributed by atoms with Crippen molar-refractivity contribution in [2.75, 3.05) is 20.6 Å². The minimum atomic E-state index is -3.57. The van der Waals surface area contributed by atoms with Gasteiger partial charge in [0.25, 0.3) is 5.91 Å². The molecule has 1 aromatic rings. The van der Waals surface area contributed by atoms with E-state index in [0.717, 1.165) is 4.31 Å². The first-order valence-corrected chi connectivity index (χ1v) is 7.54. The number of hydrogen-bond acceptors (Lipinski definition) is 3. The topological polar surface area (TPSA) is 66.5 Å². The Morgan fingerprint density at radius 1 is 1.39 bits per heavy atom. The van der Waals surface area contributed by atoms with E-state index in [0.29, 0.717) is 16.6 Å². The highest BCUT2D eigenvalue weighted by molar-refractivity contribution is 9.10. The average molecular weight is 335 g/mol. The Morgan fingerprint density at radius 2 is 2.00 bits per heavy atom. The zero-order valence-electron chi connectivity index (χ0n) is 10.4. The highest BCUT2D eigenvalue weighted by Crippen LogP contribution is 2.25. The average Bonchev–Trinajstić information content (AvgIpc) is 2.29. The second-order valence-electron chi connectivity index (χ2n) is 3.79. The third-order valence-corrected chi connectivity index (χ3v) is 5.10. The number of amides is 1. The van der Waals surface area contributed by atoms with Gasteiger partial charge in [0.15, 0.2) is 0 Å². The van der Waals surface area contributed by atoms with Crippen LogP contribution in [-0.4, -0.2) is 39.3 Å². The number of halogens is 1. The molecule has 1 amide bonds. The maximum atomic E-state index is 12.0. The molecule has 1 aromatic carbocycles. The molecule has 0 aliphatic heterocycles. The molecule has 0 saturated carbocycles. The van der Waals surface area contributed by atoms with Gasteiger partial charge in [-0.2, -0.15) is 0 Å². The van der Waals surface area contributed by atoms with Crippen LogP contribution in [0.5, 0.6) is 0 Å². The molecule has 1 rings (SSSR count). The molecule has 1 N–H and O–H groups in total. The van der Waals surface area contributed by atoms with E-state index in [1.54, 1.807) is 19.1 Å². The number of sulfonamides is 1. The van der Waals surface area contributed by atoms with Crippen molar-refractivity contribution >= 4 is 31.9 Å². The van der Waals surface area contributed by atoms with Gasteiger partial charge in [0.05, 0.1) is 4.90 Å². The number of nitrogens with zero attached hydrogens (tertiary/aromatic N) is 1. The van der Waals surface area contributed by atoms with Crippen molar-refractivity contribution < 1.29 is 13.2 Å². The predicted octanol–water partition coefficient (Wildman–Crippen LogP) is 1.45. The van der Waals surface area contributed by atoms with Gasteiger partial charge in [0.2, 0.25) is 10.0 Å². The molecular formula is C11H15BrN2O3S. The van der Waals surface area contributed by atoms with Gasteiger partial charge in [-0.25, -0.2) is 12.7 Å². The lowest BCUT2D eigenvalue weighted by Crippen LogP contribution is -2.25. The Morgan fingerprint density at radius 3 is 2.50 bits per heavy atom. The van der Waals surface area contributed by atoms with Gasteiger partial charge in [0.1, 0.15) is 0 Å². The van der Waals surface area contributed by atoms with Crippen LogP contribution in [-0.2, 0) is 10.0 Å². The van der Waals surface area contributed by atoms with E-state index in [-0.39, 0.29) is 10.8 Å². The van der Waals surface area contributed by atoms with Crippen LogP contribution in [0.15, 0.2) is 27.6 Å². The minimum absolute atomic E-state index is 0.0799. The number of benzene rings is 1. The molecule has 0 saturated heterocycles. The molecule has 0 aliphatic rings. The lowest BCUT2D eigenvalue weighted by Gasteiger charge is -2.13. The fraction of sp³-hybridized carbons (Fsp3) is 0.364. The Kier molecular flexibility index (Phi) is 4.89. The van der Waals surface area contributed by atoms with Gasteiger partial charge in [0, 0.05) is 30.7 Å². The van der Waals surface area contributed by atoms with Gasteiger partial charge in [-0.05, 0) is 41.1 Å². The molecule has 0 bridgehead atoms. The van der Waals surface area contributed by atoms with E-state index in [1.807, 2.05) is 0 Å². The summed E-state index contributed by atoms with van der Waals surface area (Å²) in [5.74, 6) is -0.291. The second kappa shape index (κ2) is 5.81. The maximum absolute atomic E-state index is 12.0. The van der Waals surface area contributed by atoms with Crippen LogP contribution in [0.1, 0.15) is 17.3 Å². The van der Waals surface area contributed by atoms with Crippen molar-refractivity contribution in [2.45, 2.75) is 11.8 Å². The Bertz CT molecular complexity index is 555. The van der Waals surface area contributed by atoms with E-state index in [4.69, 9.17) is 0 Å². The summed E-state index contributed by atoms with van der Waals surface area (Å²) in [5, 5.41) is 2.63. The van der Waals surface area contributed by atoms with Gasteiger partial charge in [-0.3, -0.25) is 4.79 Å². The Balaban J connectivity index is 3.30. The largest absolute Gasteiger partial charge is 0.352 e. The molecule has 5 nitrogen and oxygen atoms in total. The molecule has 100 valence electrons. The summed E-state index contributed by atoms with van der Waals surface area (Å²) < 4.78 is 25.6. The lowest BCUT2D eigenvalue weighted by atomic mass is 10.2. The van der Waals surface area contributed by atoms with Crippen molar-refractivity contribution in [3.05, 3.63) is 28.2 Å². The third-order valence-electron chi connectivity index (χ3n) is 2.29. The quantitative estimate of drug-likeness (QED) is 0.906. The summed E-state index contributed by atoms with van der Waals surface area (Å²) in [6.07, 6.45) is 0. The van der Waals surface area contributed by atoms with Crippen LogP contribution in [0, 0.1) is 0 Å². The minimum Gasteiger partial charge on any atom is -0.352 e. The first-order valence-electron chi connectivity index (χ1n) is 5.31. The number of hydrogen-bond donors (Lipinski definition) is 1. The zero-order valence-corrected chi connectivity index (χ0v) is 12.8. The van der Waals surface area contributed by atoms with Crippen LogP contribution in [0.3, 0.4) is 0 Å². The van der Waals surface area contributed by atoms with Gasteiger partial charge < -0.3 is 5.32 Å². The van der Waals surface area contributed by atoms with Gasteiger partial charge >= 0.3 is 0 Å². The summed E-state index contributed by atoms with van der Waals surface area (Å²) in [4.78, 5) is 11.8. The van der Waals surface area contributed by atoms with Gasteiger partial charge in [-0.1, -0.05) is 0 Å². The first kappa shape index (κ1) is 15.1. The number of nitrogens with one attached hydrogen (secondary N) is 1. The molecule has 18 heavy (non-hydrogen) atoms. The summed E-state index contributed by atoms with van der Waals surface area (Å²) >= 11 is 3.19. The highest BCUT2D eigenvalue weighted by Gasteiger charge is 2.21. The number of rotatable bonds is 4. The van der Waals surface area contributed by atoms with Crippen molar-refractivity contribution in [1.29, 1.82) is 0 Å². The second-order valence-corrected chi connectivity index (χ2v) is 6.77. The van der Waals surface area contributed by atoms with Crippen molar-refractivity contribution in [3.8, 4) is 0 Å². The van der Waals surface area contributed by atoms with E-state index in [1.165, 1.54) is 20.2 Å². The molecular weight excluding hydrogens is 320 g/mol. The summed E-state index contributed by atoms with van der Waals surface area (Å²) in [5.41, 5.74) is 0.320. The predicted molar refractivity (Wildman–Crippen MR) is 73.0 cm³/mol. The first-order chi connectivity index (χ1) is 8.30. The van der Waals surface area contributed by atoms with Crippen LogP contribution in [0.2, 0.25) is 0 Å². The SMILES string of the molecule is CCNC(=O)c1ccc(Br)c(S(=O)(=O)N(C)C)c1. The van der Waals surface area contributed by atoms with Crippen molar-refractivity contribution in [2.24, 2.45) is 0 Å². The van der Waals surface area contributed by atoms with Crippen LogP contribution in [0.4, 0.5) is 0 Å². The molecule has 0 unspecified atom stereocenters. The highest BCUT2D eigenvalue weighted by atomic mass is 79.9. The fourth-order valence-electron chi connectivity index (χ4n) is 1.30. The molecule has 0 spiro atoms. The summed E-state index contributed by atoms with van der Waals surface area (Å²) in [7, 11) is -0.682. The third kappa shape index (κ3) is 3.09. The van der Waals surface area contributed by atoms with Crippen LogP contribution in [0.25, 0.3) is 0 Å². The molecule has 0 heterocycles. The molecule has 0 aliphatic carbocycles. The molecule has 7 heteroatoms. The van der Waals surface area contributed by atoms with E-state index >= 15 is 0 Å². The number of carbonyl (C=O) groups is 1. The van der Waals surface area contributed by atoms with Gasteiger partial charge in [-0.15, -0.1) is 0 Å². The molecule has 0 aromatic heterocycles. The normalized spacial score (nSPS) is 11.6. The number of carbonyl (C=O) groups excluding carboxylic acids is 1. The Labute approximate surface area is 115 Å². The molecule has 0 atom stereocenters. The lowest BCUT2D eigenvalue weighted by molar-refractivity contribution is 0.0955. The standard InChI is InChI=1S/C11H15BrN2O3S/c1-4-13-11(15)8-5-6-9(12)10(7-8)18(16,17)14(2)3/h5-7H,4H2,1-3H3,(H,13,15). The van der Waals surface area contributed by atoms with Crippen LogP contribution < -0.4 is 5.32 Å². The summed E-state index contributed by atoms with van der Waals surface area (Å²) in [6.45, 7) is 2.29. The molecule has 0 radical (unpaired) electrons. The zero-order chi connectivity index (χ0) is 13.9. The van der Waals surface area contributed by atoms with Crippen LogP contribution >= 0.6 is 15.9 Å². The van der Waals surface area contributed by atoms with Crippen molar-refractivity contribution in [3.63, 3.8) is 0 Å². The molecule has 0 fully saturated rings. The smallest absolute Gasteiger partial charge is 0.251 e. The maximum Gasteiger partial charge on any atom is 0.251 e. The van der Waals surface area contributed by atoms with E-state index in [2.05, 4.69) is 21.2 Å². The van der Waals surface area contributed by atoms with Crippen molar-refractivity contribution in [1.82, 2.24) is 9.62 Å². The fourth-order valence-corrected chi connectivity index (χ4v) is 3.15. The van der Waals surface area contributed by atoms with E-state index < -0.39 is 10.0 Å².